The van der Waals surface area contributed by atoms with E-state index in [0.717, 1.165) is 18.8 Å². The van der Waals surface area contributed by atoms with Crippen molar-refractivity contribution in [2.24, 2.45) is 5.92 Å². The van der Waals surface area contributed by atoms with Crippen molar-refractivity contribution >= 4 is 18.6 Å². The standard InChI is InChI=1S/C10H20O2S.ClH.Pt/c1-9(2)6-4-3-5-7-12-10(11)8-13;;/h9,13H,3-8H2,1-2H3;1H;/q;;+2/p-2. The molecule has 94 valence electrons. The van der Waals surface area contributed by atoms with Gasteiger partial charge in [-0.1, -0.05) is 38.9 Å². The third-order valence-electron chi connectivity index (χ3n) is 1.81. The summed E-state index contributed by atoms with van der Waals surface area (Å²) < 4.78 is 4.86. The van der Waals surface area contributed by atoms with Gasteiger partial charge in [-0.3, -0.25) is 4.79 Å². The Morgan fingerprint density at radius 1 is 1.27 bits per heavy atom. The minimum Gasteiger partial charge on any atom is -1.00 e. The van der Waals surface area contributed by atoms with Crippen LogP contribution in [0.15, 0.2) is 0 Å². The van der Waals surface area contributed by atoms with Crippen molar-refractivity contribution in [3.8, 4) is 0 Å². The predicted molar refractivity (Wildman–Crippen MR) is 56.5 cm³/mol. The molecule has 0 spiro atoms. The number of esters is 1. The second-order valence-corrected chi connectivity index (χ2v) is 3.90. The van der Waals surface area contributed by atoms with Gasteiger partial charge in [0.2, 0.25) is 0 Å². The average molecular weight is 434 g/mol. The smallest absolute Gasteiger partial charge is 1.00 e. The van der Waals surface area contributed by atoms with Crippen molar-refractivity contribution in [2.75, 3.05) is 12.4 Å². The molecule has 5 heteroatoms. The third-order valence-corrected chi connectivity index (χ3v) is 2.04. The fourth-order valence-electron chi connectivity index (χ4n) is 1.06. The molecule has 0 fully saturated rings. The van der Waals surface area contributed by atoms with Crippen LogP contribution in [0.2, 0.25) is 0 Å². The summed E-state index contributed by atoms with van der Waals surface area (Å²) in [5, 5.41) is 0. The van der Waals surface area contributed by atoms with Crippen LogP contribution in [0.25, 0.3) is 0 Å². The monoisotopic (exact) mass is 433 g/mol. The van der Waals surface area contributed by atoms with Gasteiger partial charge in [0, 0.05) is 0 Å². The first-order valence-electron chi connectivity index (χ1n) is 4.90. The van der Waals surface area contributed by atoms with Crippen molar-refractivity contribution in [3.05, 3.63) is 0 Å². The quantitative estimate of drug-likeness (QED) is 0.302. The molecule has 0 amide bonds. The van der Waals surface area contributed by atoms with E-state index < -0.39 is 0 Å². The van der Waals surface area contributed by atoms with Crippen molar-refractivity contribution < 1.29 is 43.0 Å². The largest absolute Gasteiger partial charge is 2.00 e. The maximum absolute atomic E-state index is 10.6. The summed E-state index contributed by atoms with van der Waals surface area (Å²) in [4.78, 5) is 10.6. The molecule has 15 heavy (non-hydrogen) atoms. The molecular weight excluding hydrogens is 415 g/mol. The van der Waals surface area contributed by atoms with E-state index in [1.165, 1.54) is 12.8 Å². The molecule has 0 N–H and O–H groups in total. The summed E-state index contributed by atoms with van der Waals surface area (Å²) in [6.07, 6.45) is 4.59. The molecule has 0 aromatic heterocycles. The van der Waals surface area contributed by atoms with Gasteiger partial charge in [0.1, 0.15) is 0 Å². The maximum Gasteiger partial charge on any atom is 2.00 e. The Hall–Kier alpha value is 0.798. The zero-order valence-electron chi connectivity index (χ0n) is 9.24. The number of carbonyl (C=O) groups excluding carboxylic acids is 1. The Balaban J connectivity index is -0.000000720. The van der Waals surface area contributed by atoms with Gasteiger partial charge in [0.15, 0.2) is 0 Å². The first-order chi connectivity index (χ1) is 6.16. The second-order valence-electron chi connectivity index (χ2n) is 3.61. The molecule has 0 atom stereocenters. The Labute approximate surface area is 119 Å². The molecule has 0 saturated carbocycles. The second kappa shape index (κ2) is 14.8. The molecule has 2 nitrogen and oxygen atoms in total. The Morgan fingerprint density at radius 2 is 1.87 bits per heavy atom. The maximum atomic E-state index is 10.6. The minimum absolute atomic E-state index is 0. The van der Waals surface area contributed by atoms with Crippen molar-refractivity contribution in [1.82, 2.24) is 0 Å². The molecular formula is C10H19ClO2PtS. The van der Waals surface area contributed by atoms with Crippen molar-refractivity contribution in [2.45, 2.75) is 39.5 Å². The summed E-state index contributed by atoms with van der Waals surface area (Å²) in [5.41, 5.74) is 0. The molecule has 0 unspecified atom stereocenters. The molecule has 0 rings (SSSR count). The van der Waals surface area contributed by atoms with Gasteiger partial charge in [0.05, 0.1) is 6.61 Å². The van der Waals surface area contributed by atoms with E-state index in [2.05, 4.69) is 26.5 Å². The van der Waals surface area contributed by atoms with Gasteiger partial charge in [-0.2, -0.15) is 0 Å². The molecule has 0 aromatic rings. The van der Waals surface area contributed by atoms with E-state index in [-0.39, 0.29) is 45.2 Å². The van der Waals surface area contributed by atoms with Gasteiger partial charge in [-0.15, -0.1) is 0 Å². The number of hydrogen-bond acceptors (Lipinski definition) is 3. The normalized spacial score (nSPS) is 9.07. The van der Waals surface area contributed by atoms with Gasteiger partial charge in [0.25, 0.3) is 5.97 Å². The molecule has 0 aliphatic rings. The van der Waals surface area contributed by atoms with E-state index in [9.17, 15) is 4.79 Å². The van der Waals surface area contributed by atoms with E-state index >= 15 is 0 Å². The van der Waals surface area contributed by atoms with E-state index in [4.69, 9.17) is 4.74 Å². The Bertz CT molecular complexity index is 145. The summed E-state index contributed by atoms with van der Waals surface area (Å²) in [6, 6.07) is 0. The average Bonchev–Trinajstić information content (AvgIpc) is 2.10. The number of ether oxygens (including phenoxy) is 1. The fraction of sp³-hybridized carbons (Fsp3) is 0.900. The fourth-order valence-corrected chi connectivity index (χ4v) is 1.14. The Kier molecular flexibility index (Phi) is 20.8. The Morgan fingerprint density at radius 3 is 2.33 bits per heavy atom. The molecule has 0 aromatic carbocycles. The summed E-state index contributed by atoms with van der Waals surface area (Å²) in [5.74, 6) is 0.584. The third kappa shape index (κ3) is 17.4. The summed E-state index contributed by atoms with van der Waals surface area (Å²) >= 11 is 4.54. The summed E-state index contributed by atoms with van der Waals surface area (Å²) in [6.45, 7) is 4.97. The van der Waals surface area contributed by atoms with Gasteiger partial charge >= 0.3 is 21.1 Å². The van der Waals surface area contributed by atoms with E-state index in [0.29, 0.717) is 6.61 Å². The number of unbranched alkanes of at least 4 members (excludes halogenated alkanes) is 2. The van der Waals surface area contributed by atoms with Gasteiger partial charge < -0.3 is 29.8 Å². The predicted octanol–water partition coefficient (Wildman–Crippen LogP) is -0.706. The van der Waals surface area contributed by atoms with Crippen LogP contribution < -0.4 is 12.4 Å². The van der Waals surface area contributed by atoms with Crippen LogP contribution in [0.3, 0.4) is 0 Å². The molecule has 0 saturated heterocycles. The van der Waals surface area contributed by atoms with Crippen molar-refractivity contribution in [1.29, 1.82) is 0 Å². The zero-order valence-corrected chi connectivity index (χ0v) is 13.1. The molecule has 0 heterocycles. The van der Waals surface area contributed by atoms with Crippen LogP contribution in [0, 0.1) is 5.92 Å². The molecule has 0 aliphatic heterocycles. The van der Waals surface area contributed by atoms with E-state index in [1.54, 1.807) is 0 Å². The molecule has 0 aliphatic carbocycles. The number of hydrogen-bond donors (Lipinski definition) is 0. The van der Waals surface area contributed by atoms with Crippen LogP contribution in [-0.4, -0.2) is 18.3 Å². The van der Waals surface area contributed by atoms with Gasteiger partial charge in [-0.05, 0) is 12.3 Å². The zero-order chi connectivity index (χ0) is 10.1. The number of carbonyl (C=O) groups is 1. The molecule has 0 bridgehead atoms. The van der Waals surface area contributed by atoms with Crippen LogP contribution in [-0.2, 0) is 43.2 Å². The first kappa shape index (κ1) is 21.1. The topological polar surface area (TPSA) is 26.3 Å². The first-order valence-corrected chi connectivity index (χ1v) is 5.48. The SMILES string of the molecule is CC(C)CCCCCOC(=O)C[S-].[Cl-].[Pt+2]. The van der Waals surface area contributed by atoms with E-state index in [1.807, 2.05) is 0 Å². The van der Waals surface area contributed by atoms with Crippen LogP contribution in [0.5, 0.6) is 0 Å². The minimum atomic E-state index is -0.265. The van der Waals surface area contributed by atoms with Crippen molar-refractivity contribution in [3.63, 3.8) is 0 Å². The summed E-state index contributed by atoms with van der Waals surface area (Å²) in [7, 11) is 0. The van der Waals surface area contributed by atoms with Gasteiger partial charge in [-0.25, -0.2) is 0 Å². The van der Waals surface area contributed by atoms with Crippen LogP contribution >= 0.6 is 0 Å². The number of rotatable bonds is 7. The molecule has 0 radical (unpaired) electrons. The number of halogens is 1. The van der Waals surface area contributed by atoms with Crippen LogP contribution in [0.1, 0.15) is 39.5 Å². The van der Waals surface area contributed by atoms with Crippen LogP contribution in [0.4, 0.5) is 0 Å².